The summed E-state index contributed by atoms with van der Waals surface area (Å²) in [5.74, 6) is 0.160. The minimum Gasteiger partial charge on any atom is -0.379 e. The number of carbonyl (C=O) groups is 3. The first-order valence-corrected chi connectivity index (χ1v) is 11.8. The van der Waals surface area contributed by atoms with E-state index in [9.17, 15) is 14.4 Å². The molecule has 0 aliphatic carbocycles. The summed E-state index contributed by atoms with van der Waals surface area (Å²) in [7, 11) is 0. The molecule has 0 heterocycles. The number of hydrogen-bond donors (Lipinski definition) is 2. The Bertz CT molecular complexity index is 547. The van der Waals surface area contributed by atoms with Gasteiger partial charge in [-0.05, 0) is 39.7 Å². The van der Waals surface area contributed by atoms with Crippen LogP contribution in [-0.4, -0.2) is 75.7 Å². The van der Waals surface area contributed by atoms with E-state index in [1.165, 1.54) is 0 Å². The zero-order valence-corrected chi connectivity index (χ0v) is 21.1. The van der Waals surface area contributed by atoms with Crippen molar-refractivity contribution in [2.45, 2.75) is 79.2 Å². The first-order chi connectivity index (χ1) is 15.0. The van der Waals surface area contributed by atoms with Crippen LogP contribution in [0.15, 0.2) is 0 Å². The fourth-order valence-corrected chi connectivity index (χ4v) is 2.67. The molecule has 1 unspecified atom stereocenters. The van der Waals surface area contributed by atoms with Crippen LogP contribution in [-0.2, 0) is 28.6 Å². The van der Waals surface area contributed by atoms with Crippen LogP contribution in [0.2, 0.25) is 0 Å². The molecule has 1 amide bonds. The molecule has 8 nitrogen and oxygen atoms in total. The number of carbonyl (C=O) groups excluding carboxylic acids is 3. The van der Waals surface area contributed by atoms with E-state index in [-0.39, 0.29) is 30.3 Å². The molecule has 0 rings (SSSR count). The van der Waals surface area contributed by atoms with E-state index in [1.807, 2.05) is 34.6 Å². The van der Waals surface area contributed by atoms with Crippen molar-refractivity contribution in [2.24, 2.45) is 5.41 Å². The number of nitrogens with one attached hydrogen (secondary N) is 2. The van der Waals surface area contributed by atoms with Crippen molar-refractivity contribution in [1.29, 1.82) is 0 Å². The molecule has 0 saturated heterocycles. The van der Waals surface area contributed by atoms with E-state index >= 15 is 0 Å². The fraction of sp³-hybridized carbons (Fsp3) is 0.875. The van der Waals surface area contributed by atoms with Gasteiger partial charge >= 0.3 is 0 Å². The molecule has 0 radical (unpaired) electrons. The predicted octanol–water partition coefficient (Wildman–Crippen LogP) is 2.68. The van der Waals surface area contributed by atoms with Crippen molar-refractivity contribution >= 4 is 17.5 Å². The third-order valence-electron chi connectivity index (χ3n) is 5.41. The maximum absolute atomic E-state index is 11.8. The van der Waals surface area contributed by atoms with Gasteiger partial charge in [0.1, 0.15) is 11.6 Å². The summed E-state index contributed by atoms with van der Waals surface area (Å²) >= 11 is 0. The van der Waals surface area contributed by atoms with Gasteiger partial charge in [0.2, 0.25) is 5.91 Å². The molecule has 0 aliphatic heterocycles. The van der Waals surface area contributed by atoms with Crippen molar-refractivity contribution in [1.82, 2.24) is 10.6 Å². The molecule has 0 aliphatic rings. The number of ketones is 2. The minimum atomic E-state index is -0.443. The van der Waals surface area contributed by atoms with Crippen molar-refractivity contribution in [3.63, 3.8) is 0 Å². The van der Waals surface area contributed by atoms with Crippen molar-refractivity contribution < 1.29 is 28.6 Å². The number of Topliss-reactive ketones (excluding diaryl/α,β-unsaturated/α-hetero) is 2. The quantitative estimate of drug-likeness (QED) is 0.270. The molecular weight excluding hydrogens is 412 g/mol. The van der Waals surface area contributed by atoms with E-state index < -0.39 is 11.0 Å². The second kappa shape index (κ2) is 17.2. The topological polar surface area (TPSA) is 103 Å². The number of rotatable bonds is 20. The number of ether oxygens (including phenoxy) is 3. The summed E-state index contributed by atoms with van der Waals surface area (Å²) in [6, 6.07) is 0. The van der Waals surface area contributed by atoms with Gasteiger partial charge in [-0.3, -0.25) is 14.4 Å². The molecule has 0 aromatic heterocycles. The van der Waals surface area contributed by atoms with Crippen LogP contribution in [0.25, 0.3) is 0 Å². The summed E-state index contributed by atoms with van der Waals surface area (Å²) in [4.78, 5) is 35.1. The summed E-state index contributed by atoms with van der Waals surface area (Å²) in [5.41, 5.74) is -0.838. The lowest BCUT2D eigenvalue weighted by atomic mass is 9.88. The van der Waals surface area contributed by atoms with Gasteiger partial charge in [0.25, 0.3) is 0 Å². The molecule has 0 aromatic carbocycles. The lowest BCUT2D eigenvalue weighted by molar-refractivity contribution is -0.129. The lowest BCUT2D eigenvalue weighted by Crippen LogP contribution is -2.48. The summed E-state index contributed by atoms with van der Waals surface area (Å²) < 4.78 is 16.5. The maximum atomic E-state index is 11.8. The molecular formula is C24H46N2O6. The van der Waals surface area contributed by atoms with Gasteiger partial charge in [0.15, 0.2) is 0 Å². The highest BCUT2D eigenvalue weighted by atomic mass is 16.5. The first-order valence-electron chi connectivity index (χ1n) is 11.8. The van der Waals surface area contributed by atoms with E-state index in [0.717, 1.165) is 25.8 Å². The van der Waals surface area contributed by atoms with Gasteiger partial charge in [-0.25, -0.2) is 0 Å². The van der Waals surface area contributed by atoms with Crippen LogP contribution >= 0.6 is 0 Å². The maximum Gasteiger partial charge on any atom is 0.220 e. The minimum absolute atomic E-state index is 0.0973. The molecule has 32 heavy (non-hydrogen) atoms. The SMILES string of the molecule is CCC(C)(NCCCOCCOCCOCCCNC(=O)CCC(=O)C(C)(C)C)C(C)=O. The third-order valence-corrected chi connectivity index (χ3v) is 5.41. The van der Waals surface area contributed by atoms with Crippen LogP contribution in [0.1, 0.15) is 73.6 Å². The third kappa shape index (κ3) is 15.5. The smallest absolute Gasteiger partial charge is 0.220 e. The largest absolute Gasteiger partial charge is 0.379 e. The van der Waals surface area contributed by atoms with Gasteiger partial charge in [-0.2, -0.15) is 0 Å². The predicted molar refractivity (Wildman–Crippen MR) is 126 cm³/mol. The highest BCUT2D eigenvalue weighted by Crippen LogP contribution is 2.17. The van der Waals surface area contributed by atoms with Crippen molar-refractivity contribution in [2.75, 3.05) is 52.7 Å². The Kier molecular flexibility index (Phi) is 16.4. The zero-order valence-electron chi connectivity index (χ0n) is 21.1. The molecule has 2 N–H and O–H groups in total. The van der Waals surface area contributed by atoms with Crippen LogP contribution in [0, 0.1) is 5.41 Å². The average molecular weight is 459 g/mol. The molecule has 8 heteroatoms. The van der Waals surface area contributed by atoms with Crippen LogP contribution < -0.4 is 10.6 Å². The summed E-state index contributed by atoms with van der Waals surface area (Å²) in [5, 5.41) is 6.10. The molecule has 0 bridgehead atoms. The highest BCUT2D eigenvalue weighted by molar-refractivity contribution is 5.88. The van der Waals surface area contributed by atoms with E-state index in [1.54, 1.807) is 6.92 Å². The van der Waals surface area contributed by atoms with Crippen molar-refractivity contribution in [3.8, 4) is 0 Å². The molecule has 1 atom stereocenters. The molecule has 0 spiro atoms. The van der Waals surface area contributed by atoms with E-state index in [2.05, 4.69) is 10.6 Å². The van der Waals surface area contributed by atoms with E-state index in [4.69, 9.17) is 14.2 Å². The fourth-order valence-electron chi connectivity index (χ4n) is 2.67. The van der Waals surface area contributed by atoms with Gasteiger partial charge in [-0.15, -0.1) is 0 Å². The van der Waals surface area contributed by atoms with Gasteiger partial charge < -0.3 is 24.8 Å². The Labute approximate surface area is 194 Å². The monoisotopic (exact) mass is 458 g/mol. The van der Waals surface area contributed by atoms with Crippen LogP contribution in [0.5, 0.6) is 0 Å². The number of hydrogen-bond acceptors (Lipinski definition) is 7. The zero-order chi connectivity index (χ0) is 24.5. The van der Waals surface area contributed by atoms with Gasteiger partial charge in [0.05, 0.1) is 32.0 Å². The van der Waals surface area contributed by atoms with Crippen LogP contribution in [0.3, 0.4) is 0 Å². The van der Waals surface area contributed by atoms with Gasteiger partial charge in [0, 0.05) is 38.0 Å². The summed E-state index contributed by atoms with van der Waals surface area (Å²) in [6.45, 7) is 15.6. The lowest BCUT2D eigenvalue weighted by Gasteiger charge is -2.26. The average Bonchev–Trinajstić information content (AvgIpc) is 2.73. The Balaban J connectivity index is 3.40. The normalized spacial score (nSPS) is 13.6. The van der Waals surface area contributed by atoms with Crippen molar-refractivity contribution in [3.05, 3.63) is 0 Å². The molecule has 0 saturated carbocycles. The second-order valence-corrected chi connectivity index (χ2v) is 9.24. The Morgan fingerprint density at radius 1 is 0.750 bits per heavy atom. The first kappa shape index (κ1) is 30.6. The van der Waals surface area contributed by atoms with E-state index in [0.29, 0.717) is 46.2 Å². The highest BCUT2D eigenvalue weighted by Gasteiger charge is 2.26. The van der Waals surface area contributed by atoms with Crippen LogP contribution in [0.4, 0.5) is 0 Å². The van der Waals surface area contributed by atoms with Gasteiger partial charge in [-0.1, -0.05) is 27.7 Å². The Morgan fingerprint density at radius 3 is 1.72 bits per heavy atom. The Hall–Kier alpha value is -1.35. The summed E-state index contributed by atoms with van der Waals surface area (Å²) in [6.07, 6.45) is 2.85. The molecule has 188 valence electrons. The standard InChI is InChI=1S/C24H46N2O6/c1-7-24(6,20(2)27)26-13-9-15-31-17-19-32-18-16-30-14-8-12-25-22(29)11-10-21(28)23(3,4)5/h26H,7-19H2,1-6H3,(H,25,29). The number of amides is 1. The molecule has 0 aromatic rings. The second-order valence-electron chi connectivity index (χ2n) is 9.24. The molecule has 0 fully saturated rings. The Morgan fingerprint density at radius 2 is 1.25 bits per heavy atom.